The van der Waals surface area contributed by atoms with Crippen molar-refractivity contribution in [1.29, 1.82) is 0 Å². The van der Waals surface area contributed by atoms with Crippen LogP contribution in [-0.4, -0.2) is 26.0 Å². The van der Waals surface area contributed by atoms with Crippen LogP contribution in [0.15, 0.2) is 39.7 Å². The molecule has 0 aliphatic rings. The highest BCUT2D eigenvalue weighted by atomic mass is 16.5. The predicted molar refractivity (Wildman–Crippen MR) is 77.8 cm³/mol. The maximum Gasteiger partial charge on any atom is 0.273 e. The van der Waals surface area contributed by atoms with Crippen molar-refractivity contribution >= 4 is 5.91 Å². The van der Waals surface area contributed by atoms with Gasteiger partial charge in [-0.2, -0.15) is 4.98 Å². The Morgan fingerprint density at radius 3 is 3.00 bits per heavy atom. The molecule has 3 heterocycles. The summed E-state index contributed by atoms with van der Waals surface area (Å²) in [5, 5.41) is 6.58. The Labute approximate surface area is 130 Å². The molecule has 3 N–H and O–H groups in total. The third-order valence-corrected chi connectivity index (χ3v) is 3.04. The van der Waals surface area contributed by atoms with Gasteiger partial charge in [0.25, 0.3) is 5.91 Å². The van der Waals surface area contributed by atoms with Crippen LogP contribution >= 0.6 is 0 Å². The summed E-state index contributed by atoms with van der Waals surface area (Å²) in [4.78, 5) is 24.3. The highest BCUT2D eigenvalue weighted by Crippen LogP contribution is 2.17. The van der Waals surface area contributed by atoms with Crippen molar-refractivity contribution in [3.63, 3.8) is 0 Å². The molecule has 9 heteroatoms. The van der Waals surface area contributed by atoms with E-state index in [9.17, 15) is 4.79 Å². The normalized spacial score (nSPS) is 12.1. The quantitative estimate of drug-likeness (QED) is 0.714. The molecule has 3 rings (SSSR count). The fourth-order valence-corrected chi connectivity index (χ4v) is 1.86. The molecule has 0 aliphatic carbocycles. The van der Waals surface area contributed by atoms with E-state index in [4.69, 9.17) is 14.7 Å². The summed E-state index contributed by atoms with van der Waals surface area (Å²) in [6.45, 7) is 1.85. The van der Waals surface area contributed by atoms with E-state index in [1.807, 2.05) is 6.07 Å². The predicted octanol–water partition coefficient (Wildman–Crippen LogP) is 1.07. The van der Waals surface area contributed by atoms with Crippen molar-refractivity contribution in [2.45, 2.75) is 19.5 Å². The van der Waals surface area contributed by atoms with Crippen molar-refractivity contribution in [2.75, 3.05) is 0 Å². The molecule has 118 valence electrons. The number of aromatic nitrogens is 4. The van der Waals surface area contributed by atoms with Crippen LogP contribution in [-0.2, 0) is 6.54 Å². The van der Waals surface area contributed by atoms with Crippen LogP contribution in [0.4, 0.5) is 0 Å². The minimum absolute atomic E-state index is 0.126. The van der Waals surface area contributed by atoms with Crippen LogP contribution < -0.4 is 11.1 Å². The van der Waals surface area contributed by atoms with Crippen LogP contribution in [0.5, 0.6) is 0 Å². The standard InChI is InChI=1S/C14H14N6O3/c1-8(17-13(21)10-7-22-11(5-15)18-10)14-19-12(20-23-14)9-3-2-4-16-6-9/h2-4,6-8H,5,15H2,1H3,(H,17,21). The maximum atomic E-state index is 12.1. The number of nitrogens with zero attached hydrogens (tertiary/aromatic N) is 4. The number of amides is 1. The monoisotopic (exact) mass is 314 g/mol. The van der Waals surface area contributed by atoms with E-state index in [-0.39, 0.29) is 18.1 Å². The minimum atomic E-state index is -0.488. The number of nitrogens with one attached hydrogen (secondary N) is 1. The van der Waals surface area contributed by atoms with E-state index in [0.717, 1.165) is 5.56 Å². The highest BCUT2D eigenvalue weighted by molar-refractivity contribution is 5.92. The van der Waals surface area contributed by atoms with Crippen LogP contribution in [0.2, 0.25) is 0 Å². The smallest absolute Gasteiger partial charge is 0.273 e. The largest absolute Gasteiger partial charge is 0.447 e. The Bertz CT molecular complexity index is 798. The van der Waals surface area contributed by atoms with Crippen molar-refractivity contribution < 1.29 is 13.7 Å². The fourth-order valence-electron chi connectivity index (χ4n) is 1.86. The molecule has 1 amide bonds. The van der Waals surface area contributed by atoms with E-state index in [0.29, 0.717) is 11.7 Å². The summed E-state index contributed by atoms with van der Waals surface area (Å²) in [6, 6.07) is 3.10. The molecule has 0 saturated heterocycles. The number of carbonyl (C=O) groups excluding carboxylic acids is 1. The number of oxazole rings is 1. The summed E-state index contributed by atoms with van der Waals surface area (Å²) in [5.74, 6) is 0.558. The highest BCUT2D eigenvalue weighted by Gasteiger charge is 2.20. The first-order valence-electron chi connectivity index (χ1n) is 6.86. The summed E-state index contributed by atoms with van der Waals surface area (Å²) in [7, 11) is 0. The molecule has 0 spiro atoms. The molecule has 9 nitrogen and oxygen atoms in total. The van der Waals surface area contributed by atoms with Crippen LogP contribution in [0.3, 0.4) is 0 Å². The second kappa shape index (κ2) is 6.36. The maximum absolute atomic E-state index is 12.1. The lowest BCUT2D eigenvalue weighted by Crippen LogP contribution is -2.27. The summed E-state index contributed by atoms with van der Waals surface area (Å²) < 4.78 is 10.2. The second-order valence-corrected chi connectivity index (χ2v) is 4.72. The molecule has 0 saturated carbocycles. The van der Waals surface area contributed by atoms with E-state index < -0.39 is 11.9 Å². The zero-order valence-corrected chi connectivity index (χ0v) is 12.3. The Morgan fingerprint density at radius 2 is 2.30 bits per heavy atom. The van der Waals surface area contributed by atoms with Gasteiger partial charge in [-0.1, -0.05) is 5.16 Å². The first-order valence-corrected chi connectivity index (χ1v) is 6.86. The van der Waals surface area contributed by atoms with E-state index in [2.05, 4.69) is 25.4 Å². The average molecular weight is 314 g/mol. The van der Waals surface area contributed by atoms with E-state index in [1.165, 1.54) is 6.26 Å². The lowest BCUT2D eigenvalue weighted by Gasteiger charge is -2.07. The SMILES string of the molecule is CC(NC(=O)c1coc(CN)n1)c1nc(-c2cccnc2)no1. The van der Waals surface area contributed by atoms with Crippen molar-refractivity contribution in [2.24, 2.45) is 5.73 Å². The van der Waals surface area contributed by atoms with Gasteiger partial charge in [-0.25, -0.2) is 4.98 Å². The van der Waals surface area contributed by atoms with Gasteiger partial charge in [0.2, 0.25) is 17.6 Å². The average Bonchev–Trinajstić information content (AvgIpc) is 3.25. The molecule has 0 aromatic carbocycles. The number of hydrogen-bond donors (Lipinski definition) is 2. The molecule has 3 aromatic heterocycles. The number of hydrogen-bond acceptors (Lipinski definition) is 8. The Balaban J connectivity index is 1.70. The lowest BCUT2D eigenvalue weighted by atomic mass is 10.2. The molecule has 23 heavy (non-hydrogen) atoms. The zero-order valence-electron chi connectivity index (χ0n) is 12.3. The fraction of sp³-hybridized carbons (Fsp3) is 0.214. The second-order valence-electron chi connectivity index (χ2n) is 4.72. The molecule has 0 bridgehead atoms. The van der Waals surface area contributed by atoms with Crippen molar-refractivity contribution in [3.8, 4) is 11.4 Å². The first kappa shape index (κ1) is 14.9. The third-order valence-electron chi connectivity index (χ3n) is 3.04. The van der Waals surface area contributed by atoms with Gasteiger partial charge in [-0.3, -0.25) is 9.78 Å². The molecular weight excluding hydrogens is 300 g/mol. The van der Waals surface area contributed by atoms with Crippen LogP contribution in [0.25, 0.3) is 11.4 Å². The Hall–Kier alpha value is -3.07. The van der Waals surface area contributed by atoms with E-state index in [1.54, 1.807) is 25.4 Å². The molecule has 0 aliphatic heterocycles. The van der Waals surface area contributed by atoms with Crippen molar-refractivity contribution in [1.82, 2.24) is 25.4 Å². The van der Waals surface area contributed by atoms with Gasteiger partial charge in [0.1, 0.15) is 12.3 Å². The Kier molecular flexibility index (Phi) is 4.11. The number of pyridine rings is 1. The molecule has 3 aromatic rings. The molecular formula is C14H14N6O3. The number of nitrogens with two attached hydrogens (primary N) is 1. The Morgan fingerprint density at radius 1 is 1.43 bits per heavy atom. The summed E-state index contributed by atoms with van der Waals surface area (Å²) in [6.07, 6.45) is 4.53. The molecule has 1 atom stereocenters. The van der Waals surface area contributed by atoms with Gasteiger partial charge in [0, 0.05) is 18.0 Å². The lowest BCUT2D eigenvalue weighted by molar-refractivity contribution is 0.0927. The minimum Gasteiger partial charge on any atom is -0.447 e. The van der Waals surface area contributed by atoms with Crippen LogP contribution in [0.1, 0.15) is 35.2 Å². The van der Waals surface area contributed by atoms with Gasteiger partial charge in [0.15, 0.2) is 5.69 Å². The topological polar surface area (TPSA) is 133 Å². The van der Waals surface area contributed by atoms with Crippen molar-refractivity contribution in [3.05, 3.63) is 48.3 Å². The molecule has 0 fully saturated rings. The zero-order chi connectivity index (χ0) is 16.2. The third kappa shape index (κ3) is 3.24. The van der Waals surface area contributed by atoms with Gasteiger partial charge in [-0.05, 0) is 19.1 Å². The van der Waals surface area contributed by atoms with Gasteiger partial charge < -0.3 is 20.0 Å². The van der Waals surface area contributed by atoms with Gasteiger partial charge in [-0.15, -0.1) is 0 Å². The van der Waals surface area contributed by atoms with Gasteiger partial charge >= 0.3 is 0 Å². The molecule has 1 unspecified atom stereocenters. The summed E-state index contributed by atoms with van der Waals surface area (Å²) in [5.41, 5.74) is 6.26. The summed E-state index contributed by atoms with van der Waals surface area (Å²) >= 11 is 0. The van der Waals surface area contributed by atoms with Crippen LogP contribution in [0, 0.1) is 0 Å². The first-order chi connectivity index (χ1) is 11.2. The van der Waals surface area contributed by atoms with Gasteiger partial charge in [0.05, 0.1) is 6.54 Å². The number of rotatable bonds is 5. The van der Waals surface area contributed by atoms with E-state index >= 15 is 0 Å². The number of carbonyl (C=O) groups is 1. The molecule has 0 radical (unpaired) electrons.